The molecule has 0 fully saturated rings. The second-order valence-electron chi connectivity index (χ2n) is 6.96. The van der Waals surface area contributed by atoms with Crippen molar-refractivity contribution in [2.45, 2.75) is 18.9 Å². The summed E-state index contributed by atoms with van der Waals surface area (Å²) in [7, 11) is 1.49. The largest absolute Gasteiger partial charge is 0.508 e. The minimum atomic E-state index is -0.679. The highest BCUT2D eigenvalue weighted by Crippen LogP contribution is 2.17. The van der Waals surface area contributed by atoms with Crippen molar-refractivity contribution in [2.75, 3.05) is 32.2 Å². The molecular weight excluding hydrogens is 430 g/mol. The number of para-hydroxylation sites is 1. The van der Waals surface area contributed by atoms with Crippen molar-refractivity contribution >= 4 is 29.5 Å². The molecule has 0 saturated heterocycles. The van der Waals surface area contributed by atoms with Gasteiger partial charge in [-0.3, -0.25) is 14.4 Å². The summed E-state index contributed by atoms with van der Waals surface area (Å²) in [4.78, 5) is 37.4. The van der Waals surface area contributed by atoms with E-state index in [4.69, 9.17) is 4.74 Å². The number of methoxy groups -OCH3 is 1. The molecule has 0 heterocycles. The van der Waals surface area contributed by atoms with Crippen LogP contribution in [0.2, 0.25) is 0 Å². The molecule has 1 atom stereocenters. The normalized spacial score (nSPS) is 11.3. The Kier molecular flexibility index (Phi) is 10.4. The van der Waals surface area contributed by atoms with Crippen molar-refractivity contribution in [3.05, 3.63) is 59.7 Å². The Morgan fingerprint density at radius 1 is 1.03 bits per heavy atom. The van der Waals surface area contributed by atoms with Crippen LogP contribution >= 0.6 is 11.8 Å². The van der Waals surface area contributed by atoms with Crippen LogP contribution in [0.25, 0.3) is 0 Å². The van der Waals surface area contributed by atoms with E-state index in [0.717, 1.165) is 0 Å². The maximum atomic E-state index is 12.7. The number of benzene rings is 2. The number of nitrogens with one attached hydrogen (secondary N) is 3. The van der Waals surface area contributed by atoms with Gasteiger partial charge in [0.1, 0.15) is 17.5 Å². The average molecular weight is 460 g/mol. The third-order valence-corrected chi connectivity index (χ3v) is 5.27. The number of aromatic hydroxyl groups is 1. The monoisotopic (exact) mass is 459 g/mol. The van der Waals surface area contributed by atoms with Gasteiger partial charge in [0.25, 0.3) is 11.8 Å². The first-order chi connectivity index (χ1) is 15.5. The Bertz CT molecular complexity index is 922. The Balaban J connectivity index is 1.83. The van der Waals surface area contributed by atoms with Gasteiger partial charge in [-0.2, -0.15) is 11.8 Å². The van der Waals surface area contributed by atoms with E-state index >= 15 is 0 Å². The van der Waals surface area contributed by atoms with Crippen LogP contribution in [0.1, 0.15) is 33.6 Å². The second kappa shape index (κ2) is 13.3. The van der Waals surface area contributed by atoms with Crippen LogP contribution in [0.15, 0.2) is 48.5 Å². The fraction of sp³-hybridized carbons (Fsp3) is 0.348. The van der Waals surface area contributed by atoms with Crippen LogP contribution < -0.4 is 20.7 Å². The first-order valence-corrected chi connectivity index (χ1v) is 11.6. The second-order valence-corrected chi connectivity index (χ2v) is 7.94. The van der Waals surface area contributed by atoms with Crippen molar-refractivity contribution in [3.63, 3.8) is 0 Å². The zero-order valence-corrected chi connectivity index (χ0v) is 19.0. The van der Waals surface area contributed by atoms with E-state index in [0.29, 0.717) is 48.6 Å². The molecule has 9 heteroatoms. The number of hydrogen-bond acceptors (Lipinski definition) is 6. The number of thioether (sulfide) groups is 1. The number of rotatable bonds is 12. The van der Waals surface area contributed by atoms with Gasteiger partial charge >= 0.3 is 0 Å². The minimum absolute atomic E-state index is 0.0244. The van der Waals surface area contributed by atoms with Crippen molar-refractivity contribution in [3.8, 4) is 11.5 Å². The molecule has 3 amide bonds. The molecule has 4 N–H and O–H groups in total. The standard InChI is InChI=1S/C23H29N3O5S/c1-31-20-10-4-3-9-18(20)22(29)26-19(11-14-32-2)23(30)25-13-6-12-24-21(28)16-7-5-8-17(27)15-16/h3-5,7-10,15,19,27H,6,11-14H2,1-2H3,(H,24,28)(H,25,30)(H,26,29). The summed E-state index contributed by atoms with van der Waals surface area (Å²) < 4.78 is 5.23. The summed E-state index contributed by atoms with van der Waals surface area (Å²) in [6.07, 6.45) is 2.94. The fourth-order valence-corrected chi connectivity index (χ4v) is 3.42. The highest BCUT2D eigenvalue weighted by molar-refractivity contribution is 7.98. The lowest BCUT2D eigenvalue weighted by atomic mass is 10.1. The van der Waals surface area contributed by atoms with Crippen molar-refractivity contribution in [1.29, 1.82) is 0 Å². The number of hydrogen-bond donors (Lipinski definition) is 4. The molecule has 1 unspecified atom stereocenters. The number of carbonyl (C=O) groups excluding carboxylic acids is 3. The molecule has 2 aromatic carbocycles. The number of carbonyl (C=O) groups is 3. The molecule has 8 nitrogen and oxygen atoms in total. The van der Waals surface area contributed by atoms with Gasteiger partial charge in [0.05, 0.1) is 12.7 Å². The quantitative estimate of drug-likeness (QED) is 0.362. The molecule has 32 heavy (non-hydrogen) atoms. The molecule has 0 radical (unpaired) electrons. The lowest BCUT2D eigenvalue weighted by molar-refractivity contribution is -0.123. The molecule has 0 bridgehead atoms. The molecule has 0 spiro atoms. The fourth-order valence-electron chi connectivity index (χ4n) is 2.95. The van der Waals surface area contributed by atoms with E-state index in [1.807, 2.05) is 6.26 Å². The summed E-state index contributed by atoms with van der Waals surface area (Å²) in [5, 5.41) is 17.8. The molecule has 0 aromatic heterocycles. The summed E-state index contributed by atoms with van der Waals surface area (Å²) in [6.45, 7) is 0.706. The van der Waals surface area contributed by atoms with Crippen LogP contribution in [0.5, 0.6) is 11.5 Å². The third kappa shape index (κ3) is 7.81. The van der Waals surface area contributed by atoms with E-state index in [1.54, 1.807) is 48.2 Å². The smallest absolute Gasteiger partial charge is 0.255 e. The zero-order chi connectivity index (χ0) is 23.3. The Labute approximate surface area is 192 Å². The van der Waals surface area contributed by atoms with Gasteiger partial charge in [-0.1, -0.05) is 18.2 Å². The zero-order valence-electron chi connectivity index (χ0n) is 18.2. The van der Waals surface area contributed by atoms with Crippen LogP contribution in [0, 0.1) is 0 Å². The summed E-state index contributed by atoms with van der Waals surface area (Å²) in [5.74, 6) is 0.232. The maximum absolute atomic E-state index is 12.7. The molecule has 0 aliphatic rings. The summed E-state index contributed by atoms with van der Waals surface area (Å²) >= 11 is 1.59. The van der Waals surface area contributed by atoms with Gasteiger partial charge in [0.2, 0.25) is 5.91 Å². The van der Waals surface area contributed by atoms with E-state index in [-0.39, 0.29) is 23.5 Å². The predicted molar refractivity (Wildman–Crippen MR) is 125 cm³/mol. The van der Waals surface area contributed by atoms with E-state index in [9.17, 15) is 19.5 Å². The summed E-state index contributed by atoms with van der Waals surface area (Å²) in [6, 6.07) is 12.2. The summed E-state index contributed by atoms with van der Waals surface area (Å²) in [5.41, 5.74) is 0.733. The van der Waals surface area contributed by atoms with Crippen molar-refractivity contribution in [1.82, 2.24) is 16.0 Å². The van der Waals surface area contributed by atoms with E-state index in [2.05, 4.69) is 16.0 Å². The number of phenols is 1. The number of amides is 3. The molecule has 2 aromatic rings. The Morgan fingerprint density at radius 3 is 2.50 bits per heavy atom. The average Bonchev–Trinajstić information content (AvgIpc) is 2.80. The Morgan fingerprint density at radius 2 is 1.78 bits per heavy atom. The highest BCUT2D eigenvalue weighted by atomic mass is 32.2. The lowest BCUT2D eigenvalue weighted by Crippen LogP contribution is -2.47. The molecular formula is C23H29N3O5S. The maximum Gasteiger partial charge on any atom is 0.255 e. The number of phenolic OH excluding ortho intramolecular Hbond substituents is 1. The highest BCUT2D eigenvalue weighted by Gasteiger charge is 2.22. The van der Waals surface area contributed by atoms with Gasteiger partial charge < -0.3 is 25.8 Å². The SMILES string of the molecule is COc1ccccc1C(=O)NC(CCSC)C(=O)NCCCNC(=O)c1cccc(O)c1. The molecule has 172 valence electrons. The van der Waals surface area contributed by atoms with Crippen LogP contribution in [-0.2, 0) is 4.79 Å². The van der Waals surface area contributed by atoms with Gasteiger partial charge in [-0.05, 0) is 55.2 Å². The first-order valence-electron chi connectivity index (χ1n) is 10.2. The lowest BCUT2D eigenvalue weighted by Gasteiger charge is -2.19. The molecule has 0 aliphatic heterocycles. The predicted octanol–water partition coefficient (Wildman–Crippen LogP) is 2.19. The van der Waals surface area contributed by atoms with Crippen molar-refractivity contribution < 1.29 is 24.2 Å². The van der Waals surface area contributed by atoms with E-state index in [1.165, 1.54) is 19.2 Å². The van der Waals surface area contributed by atoms with Crippen LogP contribution in [0.4, 0.5) is 0 Å². The van der Waals surface area contributed by atoms with Crippen LogP contribution in [-0.4, -0.2) is 61.1 Å². The van der Waals surface area contributed by atoms with Gasteiger partial charge in [0.15, 0.2) is 0 Å². The van der Waals surface area contributed by atoms with Gasteiger partial charge in [-0.15, -0.1) is 0 Å². The van der Waals surface area contributed by atoms with E-state index < -0.39 is 6.04 Å². The molecule has 0 saturated carbocycles. The van der Waals surface area contributed by atoms with Gasteiger partial charge in [0, 0.05) is 18.7 Å². The van der Waals surface area contributed by atoms with Gasteiger partial charge in [-0.25, -0.2) is 0 Å². The molecule has 0 aliphatic carbocycles. The molecule has 2 rings (SSSR count). The van der Waals surface area contributed by atoms with Crippen molar-refractivity contribution in [2.24, 2.45) is 0 Å². The number of ether oxygens (including phenoxy) is 1. The Hall–Kier alpha value is -3.20. The first kappa shape index (κ1) is 25.1. The third-order valence-electron chi connectivity index (χ3n) is 4.63. The van der Waals surface area contributed by atoms with Crippen LogP contribution in [0.3, 0.4) is 0 Å². The topological polar surface area (TPSA) is 117 Å². The minimum Gasteiger partial charge on any atom is -0.508 e.